The van der Waals surface area contributed by atoms with Crippen molar-refractivity contribution in [3.05, 3.63) is 47.2 Å². The number of aryl methyl sites for hydroxylation is 2. The van der Waals surface area contributed by atoms with Gasteiger partial charge in [0.15, 0.2) is 0 Å². The second-order valence-electron chi connectivity index (χ2n) is 5.08. The van der Waals surface area contributed by atoms with E-state index in [1.54, 1.807) is 0 Å². The Morgan fingerprint density at radius 2 is 1.95 bits per heavy atom. The van der Waals surface area contributed by atoms with E-state index in [1.165, 1.54) is 22.9 Å². The number of hydrogen-bond acceptors (Lipinski definition) is 5. The van der Waals surface area contributed by atoms with Crippen LogP contribution in [-0.4, -0.2) is 28.2 Å². The van der Waals surface area contributed by atoms with Crippen LogP contribution in [0.5, 0.6) is 0 Å². The molecule has 1 amide bonds. The Labute approximate surface area is 134 Å². The Bertz CT molecular complexity index is 623. The molecule has 6 heteroatoms. The maximum Gasteiger partial charge on any atom is 0.230 e. The van der Waals surface area contributed by atoms with Gasteiger partial charge in [-0.1, -0.05) is 41.6 Å². The van der Waals surface area contributed by atoms with E-state index in [9.17, 15) is 4.79 Å². The summed E-state index contributed by atoms with van der Waals surface area (Å²) in [4.78, 5) is 19.9. The van der Waals surface area contributed by atoms with Crippen LogP contribution in [0.1, 0.15) is 16.8 Å². The van der Waals surface area contributed by atoms with Crippen molar-refractivity contribution in [1.29, 1.82) is 0 Å². The third kappa shape index (κ3) is 5.37. The summed E-state index contributed by atoms with van der Waals surface area (Å²) in [5.74, 6) is 0.554. The van der Waals surface area contributed by atoms with Gasteiger partial charge >= 0.3 is 0 Å². The maximum atomic E-state index is 11.8. The van der Waals surface area contributed by atoms with E-state index in [0.29, 0.717) is 12.3 Å². The molecule has 2 rings (SSSR count). The number of nitrogens with zero attached hydrogens (tertiary/aromatic N) is 2. The van der Waals surface area contributed by atoms with Crippen molar-refractivity contribution >= 4 is 23.6 Å². The molecule has 0 aliphatic carbocycles. The predicted octanol–water partition coefficient (Wildman–Crippen LogP) is 2.13. The average molecular weight is 316 g/mol. The third-order valence-corrected chi connectivity index (χ3v) is 3.97. The molecule has 0 bridgehead atoms. The smallest absolute Gasteiger partial charge is 0.230 e. The molecule has 0 spiro atoms. The largest absolute Gasteiger partial charge is 0.368 e. The summed E-state index contributed by atoms with van der Waals surface area (Å²) in [6.45, 7) is 4.54. The molecule has 116 valence electrons. The monoisotopic (exact) mass is 316 g/mol. The van der Waals surface area contributed by atoms with Crippen LogP contribution in [0.4, 0.5) is 5.95 Å². The number of nitrogens with one attached hydrogen (secondary N) is 1. The summed E-state index contributed by atoms with van der Waals surface area (Å²) >= 11 is 1.36. The number of thioether (sulfide) groups is 1. The zero-order valence-electron chi connectivity index (χ0n) is 12.8. The first-order valence-corrected chi connectivity index (χ1v) is 8.08. The molecular formula is C16H20N4OS. The Hall–Kier alpha value is -2.08. The number of amides is 1. The minimum Gasteiger partial charge on any atom is -0.368 e. The molecule has 1 aromatic carbocycles. The topological polar surface area (TPSA) is 80.9 Å². The average Bonchev–Trinajstić information content (AvgIpc) is 2.46. The number of hydrogen-bond donors (Lipinski definition) is 2. The molecule has 0 saturated carbocycles. The van der Waals surface area contributed by atoms with Gasteiger partial charge in [0, 0.05) is 12.2 Å². The number of carbonyl (C=O) groups excluding carboxylic acids is 1. The van der Waals surface area contributed by atoms with Crippen molar-refractivity contribution in [2.24, 2.45) is 0 Å². The minimum absolute atomic E-state index is 0.00746. The number of anilines is 1. The summed E-state index contributed by atoms with van der Waals surface area (Å²) in [5.41, 5.74) is 8.85. The van der Waals surface area contributed by atoms with Crippen LogP contribution in [0, 0.1) is 13.8 Å². The van der Waals surface area contributed by atoms with Gasteiger partial charge in [0.05, 0.1) is 5.75 Å². The van der Waals surface area contributed by atoms with Crippen molar-refractivity contribution < 1.29 is 4.79 Å². The fourth-order valence-electron chi connectivity index (χ4n) is 1.93. The number of aromatic nitrogens is 2. The number of rotatable bonds is 6. The van der Waals surface area contributed by atoms with E-state index >= 15 is 0 Å². The maximum absolute atomic E-state index is 11.8. The van der Waals surface area contributed by atoms with Crippen LogP contribution in [0.2, 0.25) is 0 Å². The van der Waals surface area contributed by atoms with Crippen LogP contribution in [0.15, 0.2) is 35.4 Å². The van der Waals surface area contributed by atoms with Crippen molar-refractivity contribution in [2.75, 3.05) is 18.0 Å². The fourth-order valence-corrected chi connectivity index (χ4v) is 2.72. The van der Waals surface area contributed by atoms with E-state index in [1.807, 2.05) is 13.0 Å². The summed E-state index contributed by atoms with van der Waals surface area (Å²) < 4.78 is 0. The first-order valence-electron chi connectivity index (χ1n) is 7.09. The molecule has 0 aliphatic heterocycles. The molecule has 22 heavy (non-hydrogen) atoms. The SMILES string of the molecule is Cc1ccc(CCNC(=O)CSc2cc(C)nc(N)n2)cc1. The van der Waals surface area contributed by atoms with Crippen molar-refractivity contribution in [2.45, 2.75) is 25.3 Å². The van der Waals surface area contributed by atoms with Gasteiger partial charge in [-0.15, -0.1) is 0 Å². The Morgan fingerprint density at radius 1 is 1.23 bits per heavy atom. The summed E-state index contributed by atoms with van der Waals surface area (Å²) in [6, 6.07) is 10.1. The molecule has 0 fully saturated rings. The van der Waals surface area contributed by atoms with Gasteiger partial charge in [-0.2, -0.15) is 0 Å². The zero-order chi connectivity index (χ0) is 15.9. The van der Waals surface area contributed by atoms with Gasteiger partial charge in [-0.25, -0.2) is 9.97 Å². The molecule has 0 saturated heterocycles. The van der Waals surface area contributed by atoms with Gasteiger partial charge < -0.3 is 11.1 Å². The van der Waals surface area contributed by atoms with E-state index in [0.717, 1.165) is 17.1 Å². The molecule has 0 radical (unpaired) electrons. The lowest BCUT2D eigenvalue weighted by atomic mass is 10.1. The first-order chi connectivity index (χ1) is 10.5. The molecule has 1 aromatic heterocycles. The normalized spacial score (nSPS) is 10.5. The highest BCUT2D eigenvalue weighted by atomic mass is 32.2. The number of nitrogen functional groups attached to an aromatic ring is 1. The molecule has 0 atom stereocenters. The van der Waals surface area contributed by atoms with E-state index < -0.39 is 0 Å². The van der Waals surface area contributed by atoms with Crippen LogP contribution in [0.3, 0.4) is 0 Å². The molecule has 0 unspecified atom stereocenters. The number of carbonyl (C=O) groups is 1. The van der Waals surface area contributed by atoms with Crippen LogP contribution >= 0.6 is 11.8 Å². The summed E-state index contributed by atoms with van der Waals surface area (Å²) in [7, 11) is 0. The van der Waals surface area contributed by atoms with Crippen molar-refractivity contribution in [3.8, 4) is 0 Å². The summed E-state index contributed by atoms with van der Waals surface area (Å²) in [6.07, 6.45) is 0.830. The highest BCUT2D eigenvalue weighted by Gasteiger charge is 2.05. The lowest BCUT2D eigenvalue weighted by Gasteiger charge is -2.06. The second-order valence-corrected chi connectivity index (χ2v) is 6.08. The third-order valence-electron chi connectivity index (χ3n) is 3.06. The molecule has 3 N–H and O–H groups in total. The predicted molar refractivity (Wildman–Crippen MR) is 89.8 cm³/mol. The van der Waals surface area contributed by atoms with Crippen molar-refractivity contribution in [3.63, 3.8) is 0 Å². The standard InChI is InChI=1S/C16H20N4OS/c1-11-3-5-13(6-4-11)7-8-18-14(21)10-22-15-9-12(2)19-16(17)20-15/h3-6,9H,7-8,10H2,1-2H3,(H,18,21)(H2,17,19,20). The Morgan fingerprint density at radius 3 is 2.64 bits per heavy atom. The number of benzene rings is 1. The highest BCUT2D eigenvalue weighted by Crippen LogP contribution is 2.16. The molecule has 1 heterocycles. The van der Waals surface area contributed by atoms with Crippen LogP contribution in [-0.2, 0) is 11.2 Å². The van der Waals surface area contributed by atoms with Crippen LogP contribution < -0.4 is 11.1 Å². The minimum atomic E-state index is -0.00746. The Balaban J connectivity index is 1.72. The van der Waals surface area contributed by atoms with E-state index in [2.05, 4.69) is 46.5 Å². The quantitative estimate of drug-likeness (QED) is 0.630. The second kappa shape index (κ2) is 7.79. The van der Waals surface area contributed by atoms with E-state index in [4.69, 9.17) is 5.73 Å². The van der Waals surface area contributed by atoms with Gasteiger partial charge in [0.2, 0.25) is 11.9 Å². The van der Waals surface area contributed by atoms with Gasteiger partial charge in [-0.05, 0) is 31.9 Å². The van der Waals surface area contributed by atoms with E-state index in [-0.39, 0.29) is 11.9 Å². The van der Waals surface area contributed by atoms with Crippen LogP contribution in [0.25, 0.3) is 0 Å². The van der Waals surface area contributed by atoms with Gasteiger partial charge in [0.25, 0.3) is 0 Å². The lowest BCUT2D eigenvalue weighted by Crippen LogP contribution is -2.27. The number of nitrogens with two attached hydrogens (primary N) is 1. The molecule has 5 nitrogen and oxygen atoms in total. The van der Waals surface area contributed by atoms with Gasteiger partial charge in [0.1, 0.15) is 5.03 Å². The first kappa shape index (κ1) is 16.3. The molecule has 2 aromatic rings. The molecular weight excluding hydrogens is 296 g/mol. The Kier molecular flexibility index (Phi) is 5.77. The highest BCUT2D eigenvalue weighted by molar-refractivity contribution is 7.99. The van der Waals surface area contributed by atoms with Crippen molar-refractivity contribution in [1.82, 2.24) is 15.3 Å². The summed E-state index contributed by atoms with van der Waals surface area (Å²) in [5, 5.41) is 3.63. The lowest BCUT2D eigenvalue weighted by molar-refractivity contribution is -0.118. The van der Waals surface area contributed by atoms with Gasteiger partial charge in [-0.3, -0.25) is 4.79 Å². The zero-order valence-corrected chi connectivity index (χ0v) is 13.6. The molecule has 0 aliphatic rings. The fraction of sp³-hybridized carbons (Fsp3) is 0.312.